The van der Waals surface area contributed by atoms with Crippen LogP contribution < -0.4 is 10.8 Å². The largest absolute Gasteiger partial charge is 0.322 e. The number of hydroxylamine groups is 1. The molecular weight excluding hydrogens is 259 g/mol. The third kappa shape index (κ3) is 3.01. The zero-order valence-electron chi connectivity index (χ0n) is 11.0. The van der Waals surface area contributed by atoms with Crippen molar-refractivity contribution in [2.45, 2.75) is 13.5 Å². The van der Waals surface area contributed by atoms with E-state index in [0.717, 1.165) is 0 Å². The molecule has 2 rings (SSSR count). The quantitative estimate of drug-likeness (QED) is 0.751. The van der Waals surface area contributed by atoms with Gasteiger partial charge in [-0.2, -0.15) is 0 Å². The van der Waals surface area contributed by atoms with Crippen LogP contribution in [0, 0.1) is 12.7 Å². The lowest BCUT2D eigenvalue weighted by Gasteiger charge is -2.12. The molecule has 2 aromatic carbocycles. The molecule has 5 heteroatoms. The Morgan fingerprint density at radius 3 is 2.55 bits per heavy atom. The summed E-state index contributed by atoms with van der Waals surface area (Å²) < 4.78 is 13.9. The van der Waals surface area contributed by atoms with Crippen LogP contribution in [0.4, 0.5) is 10.1 Å². The van der Waals surface area contributed by atoms with Gasteiger partial charge < -0.3 is 10.5 Å². The number of hydrogen-bond donors (Lipinski definition) is 3. The van der Waals surface area contributed by atoms with Crippen molar-refractivity contribution in [3.05, 3.63) is 65.0 Å². The molecule has 0 saturated carbocycles. The maximum absolute atomic E-state index is 13.9. The fourth-order valence-electron chi connectivity index (χ4n) is 1.99. The van der Waals surface area contributed by atoms with E-state index in [4.69, 9.17) is 5.21 Å². The van der Waals surface area contributed by atoms with Gasteiger partial charge in [0.2, 0.25) is 0 Å². The zero-order chi connectivity index (χ0) is 14.5. The zero-order valence-corrected chi connectivity index (χ0v) is 11.0. The molecule has 0 aromatic heterocycles. The number of rotatable bonds is 4. The summed E-state index contributed by atoms with van der Waals surface area (Å²) in [5, 5.41) is 11.4. The van der Waals surface area contributed by atoms with E-state index in [1.807, 2.05) is 11.5 Å². The van der Waals surface area contributed by atoms with E-state index in [2.05, 4.69) is 5.32 Å². The summed E-state index contributed by atoms with van der Waals surface area (Å²) in [5.41, 5.74) is 3.75. The van der Waals surface area contributed by atoms with Gasteiger partial charge in [0.25, 0.3) is 5.91 Å². The number of amides is 1. The average Bonchev–Trinajstić information content (AvgIpc) is 2.43. The summed E-state index contributed by atoms with van der Waals surface area (Å²) in [4.78, 5) is 12.2. The molecule has 0 aliphatic rings. The van der Waals surface area contributed by atoms with Crippen molar-refractivity contribution in [1.29, 1.82) is 0 Å². The van der Waals surface area contributed by atoms with Gasteiger partial charge in [-0.05, 0) is 36.2 Å². The second-order valence-corrected chi connectivity index (χ2v) is 4.36. The molecule has 0 aliphatic heterocycles. The van der Waals surface area contributed by atoms with Crippen molar-refractivity contribution < 1.29 is 14.4 Å². The van der Waals surface area contributed by atoms with E-state index in [9.17, 15) is 9.18 Å². The Bertz CT molecular complexity index is 615. The van der Waals surface area contributed by atoms with Crippen LogP contribution in [0.3, 0.4) is 0 Å². The summed E-state index contributed by atoms with van der Waals surface area (Å²) in [5.74, 6) is -1.09. The van der Waals surface area contributed by atoms with Crippen molar-refractivity contribution in [1.82, 2.24) is 5.48 Å². The molecule has 0 spiro atoms. The van der Waals surface area contributed by atoms with Gasteiger partial charge in [0.1, 0.15) is 5.82 Å². The van der Waals surface area contributed by atoms with Crippen molar-refractivity contribution >= 4 is 11.6 Å². The number of halogens is 1. The highest BCUT2D eigenvalue weighted by atomic mass is 19.1. The van der Waals surface area contributed by atoms with Crippen LogP contribution in [-0.4, -0.2) is 11.1 Å². The van der Waals surface area contributed by atoms with Gasteiger partial charge in [-0.15, -0.1) is 0 Å². The van der Waals surface area contributed by atoms with E-state index in [1.54, 1.807) is 31.2 Å². The number of anilines is 1. The van der Waals surface area contributed by atoms with E-state index in [0.29, 0.717) is 16.8 Å². The van der Waals surface area contributed by atoms with E-state index >= 15 is 0 Å². The van der Waals surface area contributed by atoms with Crippen LogP contribution in [0.2, 0.25) is 0 Å². The maximum atomic E-state index is 13.9. The highest BCUT2D eigenvalue weighted by Crippen LogP contribution is 2.19. The van der Waals surface area contributed by atoms with Crippen LogP contribution in [0.15, 0.2) is 42.5 Å². The van der Waals surface area contributed by atoms with Gasteiger partial charge in [-0.25, -0.2) is 9.87 Å². The Kier molecular flexibility index (Phi) is 4.45. The third-order valence-electron chi connectivity index (χ3n) is 3.05. The predicted molar refractivity (Wildman–Crippen MR) is 74.2 cm³/mol. The fourth-order valence-corrected chi connectivity index (χ4v) is 1.99. The molecule has 0 atom stereocenters. The first kappa shape index (κ1) is 14.2. The molecule has 1 amide bonds. The maximum Gasteiger partial charge on any atom is 0.258 e. The lowest BCUT2D eigenvalue weighted by molar-refractivity contribution is 0.102. The Hall–Kier alpha value is -2.24. The van der Waals surface area contributed by atoms with E-state index < -0.39 is 11.7 Å². The van der Waals surface area contributed by atoms with Crippen molar-refractivity contribution in [2.75, 3.05) is 5.32 Å². The first-order valence-corrected chi connectivity index (χ1v) is 6.15. The molecule has 0 unspecified atom stereocenters. The topological polar surface area (TPSA) is 61.4 Å². The Morgan fingerprint density at radius 1 is 1.20 bits per heavy atom. The monoisotopic (exact) mass is 274 g/mol. The third-order valence-corrected chi connectivity index (χ3v) is 3.05. The second-order valence-electron chi connectivity index (χ2n) is 4.36. The molecule has 0 radical (unpaired) electrons. The van der Waals surface area contributed by atoms with Gasteiger partial charge in [-0.3, -0.25) is 4.79 Å². The first-order chi connectivity index (χ1) is 9.63. The van der Waals surface area contributed by atoms with Gasteiger partial charge >= 0.3 is 0 Å². The standard InChI is InChI=1S/C15H15FN2O2/c1-10-11(9-17-20)7-8-13(16)14(10)15(19)18-12-5-3-2-4-6-12/h2-8,17,20H,9H2,1H3,(H,18,19). The van der Waals surface area contributed by atoms with Crippen LogP contribution >= 0.6 is 0 Å². The van der Waals surface area contributed by atoms with Crippen LogP contribution in [0.1, 0.15) is 21.5 Å². The molecule has 0 heterocycles. The summed E-state index contributed by atoms with van der Waals surface area (Å²) in [7, 11) is 0. The summed E-state index contributed by atoms with van der Waals surface area (Å²) in [6, 6.07) is 11.6. The molecule has 3 N–H and O–H groups in total. The van der Waals surface area contributed by atoms with Gasteiger partial charge in [0, 0.05) is 12.2 Å². The highest BCUT2D eigenvalue weighted by Gasteiger charge is 2.17. The van der Waals surface area contributed by atoms with Crippen molar-refractivity contribution in [3.63, 3.8) is 0 Å². The van der Waals surface area contributed by atoms with Gasteiger partial charge in [0.15, 0.2) is 0 Å². The van der Waals surface area contributed by atoms with Gasteiger partial charge in [-0.1, -0.05) is 24.3 Å². The van der Waals surface area contributed by atoms with Crippen LogP contribution in [-0.2, 0) is 6.54 Å². The number of carbonyl (C=O) groups is 1. The minimum atomic E-state index is -0.586. The molecular formula is C15H15FN2O2. The number of hydrogen-bond acceptors (Lipinski definition) is 3. The molecule has 4 nitrogen and oxygen atoms in total. The smallest absolute Gasteiger partial charge is 0.258 e. The SMILES string of the molecule is Cc1c(CNO)ccc(F)c1C(=O)Nc1ccccc1. The summed E-state index contributed by atoms with van der Waals surface area (Å²) >= 11 is 0. The number of para-hydroxylation sites is 1. The molecule has 2 aromatic rings. The summed E-state index contributed by atoms with van der Waals surface area (Å²) in [6.45, 7) is 1.80. The minimum absolute atomic E-state index is 0.0124. The molecule has 104 valence electrons. The molecule has 0 bridgehead atoms. The molecule has 0 saturated heterocycles. The first-order valence-electron chi connectivity index (χ1n) is 6.15. The normalized spacial score (nSPS) is 10.3. The Balaban J connectivity index is 2.32. The summed E-state index contributed by atoms with van der Waals surface area (Å²) in [6.07, 6.45) is 0. The van der Waals surface area contributed by atoms with Crippen molar-refractivity contribution in [3.8, 4) is 0 Å². The van der Waals surface area contributed by atoms with Crippen LogP contribution in [0.5, 0.6) is 0 Å². The lowest BCUT2D eigenvalue weighted by atomic mass is 10.0. The Labute approximate surface area is 116 Å². The average molecular weight is 274 g/mol. The van der Waals surface area contributed by atoms with E-state index in [1.165, 1.54) is 12.1 Å². The van der Waals surface area contributed by atoms with E-state index in [-0.39, 0.29) is 12.1 Å². The molecule has 20 heavy (non-hydrogen) atoms. The lowest BCUT2D eigenvalue weighted by Crippen LogP contribution is -2.17. The predicted octanol–water partition coefficient (Wildman–Crippen LogP) is 2.87. The Morgan fingerprint density at radius 2 is 1.90 bits per heavy atom. The second kappa shape index (κ2) is 6.27. The van der Waals surface area contributed by atoms with Crippen molar-refractivity contribution in [2.24, 2.45) is 0 Å². The minimum Gasteiger partial charge on any atom is -0.322 e. The number of carbonyl (C=O) groups excluding carboxylic acids is 1. The fraction of sp³-hybridized carbons (Fsp3) is 0.133. The molecule has 0 fully saturated rings. The van der Waals surface area contributed by atoms with Crippen LogP contribution in [0.25, 0.3) is 0 Å². The number of benzene rings is 2. The number of nitrogens with one attached hydrogen (secondary N) is 2. The highest BCUT2D eigenvalue weighted by molar-refractivity contribution is 6.05. The van der Waals surface area contributed by atoms with Gasteiger partial charge in [0.05, 0.1) is 5.56 Å². The molecule has 0 aliphatic carbocycles.